The number of carbonyl (C=O) groups is 1. The highest BCUT2D eigenvalue weighted by atomic mass is 79.9. The largest absolute Gasteiger partial charge is 0.323 e. The van der Waals surface area contributed by atoms with Crippen molar-refractivity contribution in [1.82, 2.24) is 9.78 Å². The van der Waals surface area contributed by atoms with Crippen LogP contribution in [0.5, 0.6) is 0 Å². The monoisotopic (exact) mass is 477 g/mol. The molecule has 0 aliphatic heterocycles. The predicted molar refractivity (Wildman–Crippen MR) is 126 cm³/mol. The molecule has 0 bridgehead atoms. The summed E-state index contributed by atoms with van der Waals surface area (Å²) in [4.78, 5) is 12.4. The van der Waals surface area contributed by atoms with Crippen LogP contribution in [-0.2, 0) is 4.79 Å². The van der Waals surface area contributed by atoms with Gasteiger partial charge >= 0.3 is 0 Å². The number of hydrogen-bond donors (Lipinski definition) is 1. The highest BCUT2D eigenvalue weighted by molar-refractivity contribution is 9.10. The zero-order valence-corrected chi connectivity index (χ0v) is 18.1. The van der Waals surface area contributed by atoms with E-state index in [4.69, 9.17) is 16.7 Å². The van der Waals surface area contributed by atoms with Gasteiger partial charge in [-0.2, -0.15) is 5.10 Å². The third-order valence-electron chi connectivity index (χ3n) is 4.41. The average Bonchev–Trinajstić information content (AvgIpc) is 3.19. The predicted octanol–water partition coefficient (Wildman–Crippen LogP) is 6.61. The van der Waals surface area contributed by atoms with Gasteiger partial charge in [0, 0.05) is 38.6 Å². The fourth-order valence-corrected chi connectivity index (χ4v) is 3.33. The summed E-state index contributed by atoms with van der Waals surface area (Å²) < 4.78 is 2.81. The van der Waals surface area contributed by atoms with Gasteiger partial charge in [0.2, 0.25) is 5.91 Å². The number of para-hydroxylation sites is 1. The molecule has 4 aromatic rings. The SMILES string of the molecule is O=C(/C=C\c1cn(-c2ccccc2)nc1-c1ccc(Br)cc1)Nc1ccc(Cl)cc1. The zero-order chi connectivity index (χ0) is 20.9. The van der Waals surface area contributed by atoms with Gasteiger partial charge < -0.3 is 5.32 Å². The van der Waals surface area contributed by atoms with E-state index in [1.807, 2.05) is 65.5 Å². The Hall–Kier alpha value is -3.15. The maximum absolute atomic E-state index is 12.4. The van der Waals surface area contributed by atoms with Crippen molar-refractivity contribution in [3.05, 3.63) is 106 Å². The van der Waals surface area contributed by atoms with Gasteiger partial charge in [0.25, 0.3) is 0 Å². The number of hydrogen-bond acceptors (Lipinski definition) is 2. The van der Waals surface area contributed by atoms with Crippen LogP contribution < -0.4 is 5.32 Å². The molecule has 1 N–H and O–H groups in total. The number of nitrogens with zero attached hydrogens (tertiary/aromatic N) is 2. The third kappa shape index (κ3) is 4.87. The van der Waals surface area contributed by atoms with Crippen molar-refractivity contribution in [2.24, 2.45) is 0 Å². The van der Waals surface area contributed by atoms with E-state index in [-0.39, 0.29) is 5.91 Å². The molecule has 1 aromatic heterocycles. The van der Waals surface area contributed by atoms with Gasteiger partial charge in [0.1, 0.15) is 0 Å². The average molecular weight is 479 g/mol. The van der Waals surface area contributed by atoms with E-state index in [2.05, 4.69) is 21.2 Å². The molecule has 0 atom stereocenters. The van der Waals surface area contributed by atoms with E-state index in [9.17, 15) is 4.79 Å². The van der Waals surface area contributed by atoms with E-state index >= 15 is 0 Å². The summed E-state index contributed by atoms with van der Waals surface area (Å²) in [6.45, 7) is 0. The molecule has 0 aliphatic carbocycles. The van der Waals surface area contributed by atoms with Crippen LogP contribution in [0.25, 0.3) is 23.0 Å². The normalized spacial score (nSPS) is 11.0. The number of benzene rings is 3. The fraction of sp³-hybridized carbons (Fsp3) is 0. The van der Waals surface area contributed by atoms with Crippen molar-refractivity contribution in [3.63, 3.8) is 0 Å². The van der Waals surface area contributed by atoms with Crippen LogP contribution in [0.2, 0.25) is 5.02 Å². The lowest BCUT2D eigenvalue weighted by molar-refractivity contribution is -0.111. The smallest absolute Gasteiger partial charge is 0.248 e. The number of amides is 1. The Morgan fingerprint density at radius 3 is 2.37 bits per heavy atom. The number of carbonyl (C=O) groups excluding carboxylic acids is 1. The zero-order valence-electron chi connectivity index (χ0n) is 15.8. The molecule has 0 unspecified atom stereocenters. The summed E-state index contributed by atoms with van der Waals surface area (Å²) in [6.07, 6.45) is 5.19. The van der Waals surface area contributed by atoms with Crippen LogP contribution in [0, 0.1) is 0 Å². The Bertz CT molecular complexity index is 1180. The van der Waals surface area contributed by atoms with Gasteiger partial charge in [0.15, 0.2) is 0 Å². The minimum absolute atomic E-state index is 0.230. The lowest BCUT2D eigenvalue weighted by Gasteiger charge is -2.02. The summed E-state index contributed by atoms with van der Waals surface area (Å²) in [5, 5.41) is 8.20. The number of halogens is 2. The van der Waals surface area contributed by atoms with Gasteiger partial charge in [-0.1, -0.05) is 57.9 Å². The number of anilines is 1. The van der Waals surface area contributed by atoms with Crippen LogP contribution in [0.1, 0.15) is 5.56 Å². The van der Waals surface area contributed by atoms with Gasteiger partial charge in [-0.05, 0) is 54.6 Å². The van der Waals surface area contributed by atoms with Crippen molar-refractivity contribution in [1.29, 1.82) is 0 Å². The van der Waals surface area contributed by atoms with Gasteiger partial charge in [-0.15, -0.1) is 0 Å². The molecule has 0 aliphatic rings. The summed E-state index contributed by atoms with van der Waals surface area (Å²) in [7, 11) is 0. The number of aromatic nitrogens is 2. The highest BCUT2D eigenvalue weighted by Gasteiger charge is 2.11. The molecule has 148 valence electrons. The van der Waals surface area contributed by atoms with E-state index in [0.29, 0.717) is 10.7 Å². The van der Waals surface area contributed by atoms with Crippen molar-refractivity contribution in [2.45, 2.75) is 0 Å². The second kappa shape index (κ2) is 9.11. The van der Waals surface area contributed by atoms with Gasteiger partial charge in [-0.25, -0.2) is 4.68 Å². The molecule has 1 heterocycles. The van der Waals surface area contributed by atoms with Crippen molar-refractivity contribution in [2.75, 3.05) is 5.32 Å². The Labute approximate surface area is 187 Å². The Kier molecular flexibility index (Phi) is 6.12. The maximum Gasteiger partial charge on any atom is 0.248 e. The molecule has 0 saturated heterocycles. The maximum atomic E-state index is 12.4. The molecular weight excluding hydrogens is 462 g/mol. The minimum atomic E-state index is -0.230. The van der Waals surface area contributed by atoms with E-state index in [0.717, 1.165) is 27.0 Å². The molecule has 0 radical (unpaired) electrons. The van der Waals surface area contributed by atoms with Crippen LogP contribution >= 0.6 is 27.5 Å². The summed E-state index contributed by atoms with van der Waals surface area (Å²) in [5.74, 6) is -0.230. The Morgan fingerprint density at radius 1 is 0.967 bits per heavy atom. The quantitative estimate of drug-likeness (QED) is 0.328. The molecule has 4 rings (SSSR count). The first-order valence-electron chi connectivity index (χ1n) is 9.24. The lowest BCUT2D eigenvalue weighted by atomic mass is 10.1. The highest BCUT2D eigenvalue weighted by Crippen LogP contribution is 2.26. The number of nitrogens with one attached hydrogen (secondary N) is 1. The van der Waals surface area contributed by atoms with Crippen LogP contribution in [0.15, 0.2) is 95.6 Å². The molecule has 0 saturated carbocycles. The molecule has 30 heavy (non-hydrogen) atoms. The molecule has 0 spiro atoms. The fourth-order valence-electron chi connectivity index (χ4n) is 2.94. The first-order chi connectivity index (χ1) is 14.6. The van der Waals surface area contributed by atoms with Gasteiger partial charge in [0.05, 0.1) is 11.4 Å². The minimum Gasteiger partial charge on any atom is -0.323 e. The second-order valence-electron chi connectivity index (χ2n) is 6.55. The van der Waals surface area contributed by atoms with Crippen LogP contribution in [0.4, 0.5) is 5.69 Å². The first kappa shape index (κ1) is 20.1. The first-order valence-corrected chi connectivity index (χ1v) is 10.4. The van der Waals surface area contributed by atoms with Crippen molar-refractivity contribution in [3.8, 4) is 16.9 Å². The topological polar surface area (TPSA) is 46.9 Å². The summed E-state index contributed by atoms with van der Waals surface area (Å²) >= 11 is 9.35. The molecule has 3 aromatic carbocycles. The summed E-state index contributed by atoms with van der Waals surface area (Å²) in [6, 6.07) is 24.8. The van der Waals surface area contributed by atoms with Crippen LogP contribution in [-0.4, -0.2) is 15.7 Å². The molecule has 6 heteroatoms. The molecule has 4 nitrogen and oxygen atoms in total. The summed E-state index contributed by atoms with van der Waals surface area (Å²) in [5.41, 5.74) is 4.23. The van der Waals surface area contributed by atoms with Crippen molar-refractivity contribution < 1.29 is 4.79 Å². The molecule has 1 amide bonds. The molecule has 0 fully saturated rings. The molecular formula is C24H17BrClN3O. The lowest BCUT2D eigenvalue weighted by Crippen LogP contribution is -2.07. The Morgan fingerprint density at radius 2 is 1.67 bits per heavy atom. The van der Waals surface area contributed by atoms with Gasteiger partial charge in [-0.3, -0.25) is 4.79 Å². The standard InChI is InChI=1S/C24H17BrClN3O/c25-19-9-6-17(7-10-19)24-18(16-29(28-24)22-4-2-1-3-5-22)8-15-23(30)27-21-13-11-20(26)12-14-21/h1-16H,(H,27,30)/b15-8-. The Balaban J connectivity index is 1.64. The van der Waals surface area contributed by atoms with E-state index < -0.39 is 0 Å². The second-order valence-corrected chi connectivity index (χ2v) is 7.90. The third-order valence-corrected chi connectivity index (χ3v) is 5.19. The van der Waals surface area contributed by atoms with E-state index in [1.54, 1.807) is 30.3 Å². The van der Waals surface area contributed by atoms with E-state index in [1.165, 1.54) is 6.08 Å². The van der Waals surface area contributed by atoms with Crippen LogP contribution in [0.3, 0.4) is 0 Å². The van der Waals surface area contributed by atoms with Crippen molar-refractivity contribution >= 4 is 45.2 Å². The number of rotatable bonds is 5.